The van der Waals surface area contributed by atoms with Crippen molar-refractivity contribution < 1.29 is 17.9 Å². The largest absolute Gasteiger partial charge is 0.484 e. The van der Waals surface area contributed by atoms with E-state index in [1.807, 2.05) is 4.90 Å². The van der Waals surface area contributed by atoms with Crippen molar-refractivity contribution in [3.63, 3.8) is 0 Å². The molecule has 1 amide bonds. The van der Waals surface area contributed by atoms with Gasteiger partial charge in [-0.05, 0) is 48.6 Å². The number of rotatable bonds is 6. The van der Waals surface area contributed by atoms with E-state index in [1.54, 1.807) is 41.8 Å². The number of carbonyl (C=O) groups is 1. The Morgan fingerprint density at radius 1 is 1.07 bits per heavy atom. The standard InChI is InChI=1S/C20H26N2O4S2/c1-21(28(24,25)20-8-7-15-27-20)17-9-11-18(12-10-17)26-16-19(23)22-13-5-3-2-4-6-14-22/h7-12,15H,2-6,13-14,16H2,1H3. The fourth-order valence-corrected chi connectivity index (χ4v) is 5.53. The van der Waals surface area contributed by atoms with Crippen LogP contribution in [0.2, 0.25) is 0 Å². The van der Waals surface area contributed by atoms with E-state index in [-0.39, 0.29) is 12.5 Å². The lowest BCUT2D eigenvalue weighted by Crippen LogP contribution is -2.37. The van der Waals surface area contributed by atoms with Crippen LogP contribution in [0.4, 0.5) is 5.69 Å². The highest BCUT2D eigenvalue weighted by atomic mass is 32.2. The lowest BCUT2D eigenvalue weighted by Gasteiger charge is -2.24. The normalized spacial score (nSPS) is 15.5. The van der Waals surface area contributed by atoms with E-state index in [4.69, 9.17) is 4.74 Å². The van der Waals surface area contributed by atoms with E-state index in [2.05, 4.69) is 0 Å². The van der Waals surface area contributed by atoms with Crippen molar-refractivity contribution >= 4 is 33.0 Å². The summed E-state index contributed by atoms with van der Waals surface area (Å²) in [6.45, 7) is 1.60. The van der Waals surface area contributed by atoms with Gasteiger partial charge in [-0.2, -0.15) is 0 Å². The molecule has 0 atom stereocenters. The maximum atomic E-state index is 12.6. The zero-order valence-corrected chi connectivity index (χ0v) is 17.7. The number of amides is 1. The number of sulfonamides is 1. The van der Waals surface area contributed by atoms with Gasteiger partial charge in [-0.15, -0.1) is 11.3 Å². The van der Waals surface area contributed by atoms with Crippen molar-refractivity contribution in [2.75, 3.05) is 31.0 Å². The first-order valence-corrected chi connectivity index (χ1v) is 11.8. The molecule has 0 radical (unpaired) electrons. The smallest absolute Gasteiger partial charge is 0.273 e. The Morgan fingerprint density at radius 3 is 2.32 bits per heavy atom. The number of hydrogen-bond donors (Lipinski definition) is 0. The summed E-state index contributed by atoms with van der Waals surface area (Å²) in [5, 5.41) is 1.74. The van der Waals surface area contributed by atoms with Crippen molar-refractivity contribution in [1.29, 1.82) is 0 Å². The van der Waals surface area contributed by atoms with Crippen molar-refractivity contribution in [1.82, 2.24) is 4.90 Å². The summed E-state index contributed by atoms with van der Waals surface area (Å²) in [5.74, 6) is 0.550. The van der Waals surface area contributed by atoms with Crippen LogP contribution >= 0.6 is 11.3 Å². The zero-order chi connectivity index (χ0) is 20.0. The molecule has 3 rings (SSSR count). The van der Waals surface area contributed by atoms with Crippen molar-refractivity contribution in [3.8, 4) is 5.75 Å². The van der Waals surface area contributed by atoms with Crippen molar-refractivity contribution in [2.24, 2.45) is 0 Å². The number of carbonyl (C=O) groups excluding carboxylic acids is 1. The third-order valence-corrected chi connectivity index (χ3v) is 8.04. The molecule has 1 fully saturated rings. The number of likely N-dealkylation sites (tertiary alicyclic amines) is 1. The third-order valence-electron chi connectivity index (χ3n) is 4.88. The lowest BCUT2D eigenvalue weighted by molar-refractivity contribution is -0.133. The van der Waals surface area contributed by atoms with Crippen LogP contribution < -0.4 is 9.04 Å². The van der Waals surface area contributed by atoms with Crippen LogP contribution in [-0.2, 0) is 14.8 Å². The van der Waals surface area contributed by atoms with Gasteiger partial charge >= 0.3 is 0 Å². The summed E-state index contributed by atoms with van der Waals surface area (Å²) in [6.07, 6.45) is 5.69. The molecular weight excluding hydrogens is 396 g/mol. The molecule has 0 aliphatic carbocycles. The first-order chi connectivity index (χ1) is 13.5. The topological polar surface area (TPSA) is 66.9 Å². The van der Waals surface area contributed by atoms with E-state index >= 15 is 0 Å². The molecule has 0 bridgehead atoms. The molecule has 0 saturated carbocycles. The molecular formula is C20H26N2O4S2. The van der Waals surface area contributed by atoms with Gasteiger partial charge in [0.15, 0.2) is 6.61 Å². The monoisotopic (exact) mass is 422 g/mol. The summed E-state index contributed by atoms with van der Waals surface area (Å²) in [4.78, 5) is 14.3. The zero-order valence-electron chi connectivity index (χ0n) is 16.0. The molecule has 1 aliphatic heterocycles. The number of hydrogen-bond acceptors (Lipinski definition) is 5. The molecule has 1 saturated heterocycles. The van der Waals surface area contributed by atoms with Gasteiger partial charge < -0.3 is 9.64 Å². The molecule has 2 aromatic rings. The molecule has 1 aliphatic rings. The minimum Gasteiger partial charge on any atom is -0.484 e. The Balaban J connectivity index is 1.57. The minimum atomic E-state index is -3.56. The second-order valence-electron chi connectivity index (χ2n) is 6.84. The minimum absolute atomic E-state index is 0.00266. The molecule has 6 nitrogen and oxygen atoms in total. The maximum Gasteiger partial charge on any atom is 0.273 e. The van der Waals surface area contributed by atoms with E-state index in [0.717, 1.165) is 25.9 Å². The lowest BCUT2D eigenvalue weighted by atomic mass is 10.1. The highest BCUT2D eigenvalue weighted by molar-refractivity contribution is 7.94. The molecule has 8 heteroatoms. The Kier molecular flexibility index (Phi) is 6.96. The van der Waals surface area contributed by atoms with Gasteiger partial charge in [0.05, 0.1) is 5.69 Å². The number of thiophene rings is 1. The molecule has 1 aromatic heterocycles. The van der Waals surface area contributed by atoms with E-state index in [0.29, 0.717) is 15.6 Å². The second kappa shape index (κ2) is 9.43. The Labute approximate surface area is 170 Å². The Bertz CT molecular complexity index is 856. The fraction of sp³-hybridized carbons (Fsp3) is 0.450. The summed E-state index contributed by atoms with van der Waals surface area (Å²) < 4.78 is 32.3. The average Bonchev–Trinajstić information content (AvgIpc) is 3.21. The SMILES string of the molecule is CN(c1ccc(OCC(=O)N2CCCCCCC2)cc1)S(=O)(=O)c1cccs1. The third kappa shape index (κ3) is 5.05. The van der Waals surface area contributed by atoms with Crippen LogP contribution in [0.15, 0.2) is 46.0 Å². The molecule has 1 aromatic carbocycles. The van der Waals surface area contributed by atoms with Gasteiger partial charge in [0.1, 0.15) is 9.96 Å². The van der Waals surface area contributed by atoms with Gasteiger partial charge in [-0.25, -0.2) is 8.42 Å². The maximum absolute atomic E-state index is 12.6. The molecule has 0 spiro atoms. The number of anilines is 1. The van der Waals surface area contributed by atoms with E-state index in [9.17, 15) is 13.2 Å². The molecule has 0 unspecified atom stereocenters. The average molecular weight is 423 g/mol. The van der Waals surface area contributed by atoms with E-state index in [1.165, 1.54) is 42.0 Å². The van der Waals surface area contributed by atoms with Crippen LogP contribution in [0.25, 0.3) is 0 Å². The predicted molar refractivity (Wildman–Crippen MR) is 112 cm³/mol. The van der Waals surface area contributed by atoms with Crippen LogP contribution in [0.3, 0.4) is 0 Å². The molecule has 2 heterocycles. The molecule has 28 heavy (non-hydrogen) atoms. The van der Waals surface area contributed by atoms with E-state index < -0.39 is 10.0 Å². The van der Waals surface area contributed by atoms with Gasteiger partial charge in [-0.3, -0.25) is 9.10 Å². The van der Waals surface area contributed by atoms with Gasteiger partial charge in [0, 0.05) is 20.1 Å². The second-order valence-corrected chi connectivity index (χ2v) is 9.98. The summed E-state index contributed by atoms with van der Waals surface area (Å²) in [6, 6.07) is 10.0. The number of ether oxygens (including phenoxy) is 1. The molecule has 152 valence electrons. The van der Waals surface area contributed by atoms with Crippen LogP contribution in [0.1, 0.15) is 32.1 Å². The Hall–Kier alpha value is -2.06. The van der Waals surface area contributed by atoms with Gasteiger partial charge in [0.2, 0.25) is 0 Å². The van der Waals surface area contributed by atoms with Gasteiger partial charge in [-0.1, -0.05) is 25.3 Å². The van der Waals surface area contributed by atoms with Crippen molar-refractivity contribution in [3.05, 3.63) is 41.8 Å². The number of nitrogens with zero attached hydrogens (tertiary/aromatic N) is 2. The predicted octanol–water partition coefficient (Wildman–Crippen LogP) is 3.74. The first kappa shape index (κ1) is 20.7. The van der Waals surface area contributed by atoms with Crippen LogP contribution in [-0.4, -0.2) is 46.0 Å². The van der Waals surface area contributed by atoms with Crippen molar-refractivity contribution in [2.45, 2.75) is 36.3 Å². The first-order valence-electron chi connectivity index (χ1n) is 9.51. The van der Waals surface area contributed by atoms with Gasteiger partial charge in [0.25, 0.3) is 15.9 Å². The summed E-state index contributed by atoms with van der Waals surface area (Å²) >= 11 is 1.19. The highest BCUT2D eigenvalue weighted by Gasteiger charge is 2.22. The number of benzene rings is 1. The van der Waals surface area contributed by atoms with Crippen LogP contribution in [0.5, 0.6) is 5.75 Å². The fourth-order valence-electron chi connectivity index (χ4n) is 3.17. The highest BCUT2D eigenvalue weighted by Crippen LogP contribution is 2.26. The summed E-state index contributed by atoms with van der Waals surface area (Å²) in [7, 11) is -2.03. The Morgan fingerprint density at radius 2 is 1.71 bits per heavy atom. The summed E-state index contributed by atoms with van der Waals surface area (Å²) in [5.41, 5.74) is 0.538. The van der Waals surface area contributed by atoms with Crippen LogP contribution in [0, 0.1) is 0 Å². The quantitative estimate of drug-likeness (QED) is 0.711. The molecule has 0 N–H and O–H groups in total.